The summed E-state index contributed by atoms with van der Waals surface area (Å²) in [5.41, 5.74) is 7.07. The number of nitrogens with two attached hydrogens (primary N) is 1. The largest absolute Gasteiger partial charge is 0.325 e. The fourth-order valence-corrected chi connectivity index (χ4v) is 3.09. The molecular formula is C13H25N. The Morgan fingerprint density at radius 2 is 1.50 bits per heavy atom. The van der Waals surface area contributed by atoms with E-state index in [9.17, 15) is 0 Å². The minimum Gasteiger partial charge on any atom is -0.325 e. The van der Waals surface area contributed by atoms with Crippen molar-refractivity contribution in [3.05, 3.63) is 0 Å². The molecule has 0 radical (unpaired) electrons. The van der Waals surface area contributed by atoms with Crippen molar-refractivity contribution >= 4 is 0 Å². The lowest BCUT2D eigenvalue weighted by Gasteiger charge is -2.38. The van der Waals surface area contributed by atoms with Crippen molar-refractivity contribution in [2.75, 3.05) is 0 Å². The van der Waals surface area contributed by atoms with E-state index < -0.39 is 0 Å². The van der Waals surface area contributed by atoms with Gasteiger partial charge in [-0.1, -0.05) is 20.8 Å². The third-order valence-electron chi connectivity index (χ3n) is 4.59. The van der Waals surface area contributed by atoms with Gasteiger partial charge in [0.1, 0.15) is 0 Å². The second-order valence-electron chi connectivity index (χ2n) is 6.65. The smallest absolute Gasteiger partial charge is 0.0184 e. The fourth-order valence-electron chi connectivity index (χ4n) is 3.09. The quantitative estimate of drug-likeness (QED) is 0.682. The molecule has 0 aromatic heterocycles. The van der Waals surface area contributed by atoms with Crippen LogP contribution in [0.15, 0.2) is 0 Å². The Hall–Kier alpha value is -0.0400. The maximum atomic E-state index is 6.28. The van der Waals surface area contributed by atoms with Crippen LogP contribution in [0.5, 0.6) is 0 Å². The highest BCUT2D eigenvalue weighted by molar-refractivity contribution is 5.05. The van der Waals surface area contributed by atoms with Crippen LogP contribution in [0, 0.1) is 17.3 Å². The van der Waals surface area contributed by atoms with E-state index in [1.165, 1.54) is 38.5 Å². The second-order valence-corrected chi connectivity index (χ2v) is 6.65. The maximum absolute atomic E-state index is 6.28. The normalized spacial score (nSPS) is 36.9. The Morgan fingerprint density at radius 3 is 1.86 bits per heavy atom. The Balaban J connectivity index is 1.86. The van der Waals surface area contributed by atoms with E-state index >= 15 is 0 Å². The number of hydrogen-bond acceptors (Lipinski definition) is 1. The highest BCUT2D eigenvalue weighted by atomic mass is 14.8. The van der Waals surface area contributed by atoms with Crippen LogP contribution in [0.25, 0.3) is 0 Å². The third kappa shape index (κ3) is 1.98. The van der Waals surface area contributed by atoms with Crippen molar-refractivity contribution in [3.8, 4) is 0 Å². The zero-order valence-electron chi connectivity index (χ0n) is 9.97. The van der Waals surface area contributed by atoms with Crippen LogP contribution < -0.4 is 5.73 Å². The average Bonchev–Trinajstić information content (AvgIpc) is 2.84. The molecule has 2 N–H and O–H groups in total. The Bertz CT molecular complexity index is 189. The first-order valence-corrected chi connectivity index (χ1v) is 6.21. The van der Waals surface area contributed by atoms with E-state index in [1.807, 2.05) is 0 Å². The van der Waals surface area contributed by atoms with Crippen LogP contribution in [0.4, 0.5) is 0 Å². The molecule has 14 heavy (non-hydrogen) atoms. The van der Waals surface area contributed by atoms with Crippen molar-refractivity contribution < 1.29 is 0 Å². The predicted molar refractivity (Wildman–Crippen MR) is 61.1 cm³/mol. The molecule has 0 spiro atoms. The molecule has 2 aliphatic carbocycles. The van der Waals surface area contributed by atoms with Gasteiger partial charge in [-0.15, -0.1) is 0 Å². The molecule has 0 atom stereocenters. The molecule has 1 heteroatoms. The summed E-state index contributed by atoms with van der Waals surface area (Å²) in [4.78, 5) is 0. The monoisotopic (exact) mass is 195 g/mol. The number of hydrogen-bond donors (Lipinski definition) is 1. The van der Waals surface area contributed by atoms with Gasteiger partial charge in [-0.05, 0) is 55.8 Å². The van der Waals surface area contributed by atoms with Crippen LogP contribution in [0.3, 0.4) is 0 Å². The first kappa shape index (κ1) is 10.5. The first-order valence-electron chi connectivity index (χ1n) is 6.21. The van der Waals surface area contributed by atoms with Gasteiger partial charge in [-0.3, -0.25) is 0 Å². The van der Waals surface area contributed by atoms with E-state index in [-0.39, 0.29) is 5.54 Å². The molecule has 1 nitrogen and oxygen atoms in total. The van der Waals surface area contributed by atoms with Gasteiger partial charge in [-0.25, -0.2) is 0 Å². The molecule has 2 aliphatic rings. The summed E-state index contributed by atoms with van der Waals surface area (Å²) in [6.45, 7) is 7.15. The summed E-state index contributed by atoms with van der Waals surface area (Å²) >= 11 is 0. The zero-order chi connectivity index (χ0) is 10.4. The molecule has 0 heterocycles. The highest BCUT2D eigenvalue weighted by Gasteiger charge is 2.47. The lowest BCUT2D eigenvalue weighted by Crippen LogP contribution is -2.37. The van der Waals surface area contributed by atoms with E-state index in [0.717, 1.165) is 11.8 Å². The SMILES string of the molecule is CC(C)(C)C1CCC(C2(N)CC2)CC1. The van der Waals surface area contributed by atoms with Crippen molar-refractivity contribution in [2.45, 2.75) is 64.8 Å². The summed E-state index contributed by atoms with van der Waals surface area (Å²) < 4.78 is 0. The molecule has 0 aromatic carbocycles. The molecule has 0 bridgehead atoms. The van der Waals surface area contributed by atoms with Crippen LogP contribution >= 0.6 is 0 Å². The Kier molecular flexibility index (Phi) is 2.42. The highest BCUT2D eigenvalue weighted by Crippen LogP contribution is 2.49. The van der Waals surface area contributed by atoms with E-state index in [1.54, 1.807) is 0 Å². The number of rotatable bonds is 1. The van der Waals surface area contributed by atoms with Crippen molar-refractivity contribution in [1.29, 1.82) is 0 Å². The molecule has 82 valence electrons. The lowest BCUT2D eigenvalue weighted by molar-refractivity contribution is 0.135. The molecular weight excluding hydrogens is 170 g/mol. The standard InChI is InChI=1S/C13H25N/c1-12(2,3)10-4-6-11(7-5-10)13(14)8-9-13/h10-11H,4-9,14H2,1-3H3. The second kappa shape index (κ2) is 3.23. The van der Waals surface area contributed by atoms with Crippen molar-refractivity contribution in [3.63, 3.8) is 0 Å². The summed E-state index contributed by atoms with van der Waals surface area (Å²) in [7, 11) is 0. The van der Waals surface area contributed by atoms with Gasteiger partial charge < -0.3 is 5.73 Å². The molecule has 2 fully saturated rings. The molecule has 0 saturated heterocycles. The molecule has 0 amide bonds. The molecule has 2 saturated carbocycles. The summed E-state index contributed by atoms with van der Waals surface area (Å²) in [5.74, 6) is 1.78. The summed E-state index contributed by atoms with van der Waals surface area (Å²) in [5, 5.41) is 0. The van der Waals surface area contributed by atoms with Gasteiger partial charge >= 0.3 is 0 Å². The predicted octanol–water partition coefficient (Wildman–Crippen LogP) is 3.33. The van der Waals surface area contributed by atoms with Gasteiger partial charge in [-0.2, -0.15) is 0 Å². The van der Waals surface area contributed by atoms with Crippen LogP contribution in [-0.2, 0) is 0 Å². The van der Waals surface area contributed by atoms with Crippen LogP contribution in [0.2, 0.25) is 0 Å². The molecule has 2 rings (SSSR count). The Labute approximate surface area is 88.4 Å². The van der Waals surface area contributed by atoms with Crippen molar-refractivity contribution in [1.82, 2.24) is 0 Å². The van der Waals surface area contributed by atoms with E-state index in [4.69, 9.17) is 5.73 Å². The third-order valence-corrected chi connectivity index (χ3v) is 4.59. The van der Waals surface area contributed by atoms with Crippen LogP contribution in [0.1, 0.15) is 59.3 Å². The van der Waals surface area contributed by atoms with Gasteiger partial charge in [0.15, 0.2) is 0 Å². The van der Waals surface area contributed by atoms with E-state index in [0.29, 0.717) is 5.41 Å². The minimum atomic E-state index is 0.281. The van der Waals surface area contributed by atoms with Crippen molar-refractivity contribution in [2.24, 2.45) is 23.0 Å². The Morgan fingerprint density at radius 1 is 1.00 bits per heavy atom. The first-order chi connectivity index (χ1) is 6.42. The fraction of sp³-hybridized carbons (Fsp3) is 1.00. The molecule has 0 unspecified atom stereocenters. The maximum Gasteiger partial charge on any atom is 0.0184 e. The molecule has 0 aromatic rings. The topological polar surface area (TPSA) is 26.0 Å². The minimum absolute atomic E-state index is 0.281. The van der Waals surface area contributed by atoms with E-state index in [2.05, 4.69) is 20.8 Å². The van der Waals surface area contributed by atoms with Gasteiger partial charge in [0, 0.05) is 5.54 Å². The lowest BCUT2D eigenvalue weighted by atomic mass is 9.68. The van der Waals surface area contributed by atoms with Gasteiger partial charge in [0.25, 0.3) is 0 Å². The molecule has 0 aliphatic heterocycles. The van der Waals surface area contributed by atoms with Crippen LogP contribution in [-0.4, -0.2) is 5.54 Å². The van der Waals surface area contributed by atoms with Gasteiger partial charge in [0.05, 0.1) is 0 Å². The average molecular weight is 195 g/mol. The summed E-state index contributed by atoms with van der Waals surface area (Å²) in [6, 6.07) is 0. The zero-order valence-corrected chi connectivity index (χ0v) is 9.97. The van der Waals surface area contributed by atoms with Gasteiger partial charge in [0.2, 0.25) is 0 Å². The summed E-state index contributed by atoms with van der Waals surface area (Å²) in [6.07, 6.45) is 8.17.